The molecule has 266 valence electrons. The fraction of sp³-hybridized carbons (Fsp3) is 0.216. The van der Waals surface area contributed by atoms with E-state index < -0.39 is 47.7 Å². The Kier molecular flexibility index (Phi) is 8.50. The number of aliphatic hydroxyl groups excluding tert-OH is 4. The van der Waals surface area contributed by atoms with Crippen LogP contribution in [0.25, 0.3) is 22.6 Å². The number of nitrogens with zero attached hydrogens (tertiary/aromatic N) is 3. The molecule has 4 heterocycles. The second kappa shape index (κ2) is 12.9. The van der Waals surface area contributed by atoms with Crippen LogP contribution in [0.2, 0.25) is 0 Å². The molecule has 0 bridgehead atoms. The minimum Gasteiger partial charge on any atom is -0.508 e. The number of ether oxygens (including phenoxy) is 2. The van der Waals surface area contributed by atoms with Gasteiger partial charge in [-0.1, -0.05) is 18.2 Å². The number of aromatic nitrogens is 4. The number of aromatic hydroxyl groups is 2. The molecule has 1 spiro atoms. The molecular weight excluding hydrogens is 676 g/mol. The Hall–Kier alpha value is -6.13. The maximum atomic E-state index is 12.5. The number of carbonyl (C=O) groups excluding carboxylic acids is 1. The number of phenolic OH excluding ortho intramolecular Hbond substituents is 2. The summed E-state index contributed by atoms with van der Waals surface area (Å²) in [6.45, 7) is 2.73. The summed E-state index contributed by atoms with van der Waals surface area (Å²) in [6.07, 6.45) is -4.68. The molecule has 0 aromatic heterocycles. The lowest BCUT2D eigenvalue weighted by molar-refractivity contribution is -0.0802. The highest BCUT2D eigenvalue weighted by molar-refractivity contribution is 5.97. The molecule has 15 nitrogen and oxygen atoms in total. The molecule has 52 heavy (non-hydrogen) atoms. The molecule has 0 amide bonds. The average molecular weight is 709 g/mol. The van der Waals surface area contributed by atoms with E-state index in [9.17, 15) is 39.9 Å². The number of nitrogens with one attached hydrogen (secondary N) is 1. The zero-order chi connectivity index (χ0) is 37.1. The van der Waals surface area contributed by atoms with E-state index in [-0.39, 0.29) is 29.6 Å². The Morgan fingerprint density at radius 1 is 0.808 bits per heavy atom. The Morgan fingerprint density at radius 2 is 1.44 bits per heavy atom. The molecule has 4 aromatic carbocycles. The van der Waals surface area contributed by atoms with Crippen molar-refractivity contribution >= 4 is 17.0 Å². The Morgan fingerprint density at radius 3 is 2.10 bits per heavy atom. The van der Waals surface area contributed by atoms with Crippen LogP contribution < -0.4 is 16.0 Å². The number of H-pyrrole nitrogens is 1. The van der Waals surface area contributed by atoms with Gasteiger partial charge in [0.25, 0.3) is 5.56 Å². The van der Waals surface area contributed by atoms with Crippen LogP contribution in [0.15, 0.2) is 82.4 Å². The van der Waals surface area contributed by atoms with Crippen LogP contribution >= 0.6 is 0 Å². The van der Waals surface area contributed by atoms with Gasteiger partial charge in [0, 0.05) is 28.8 Å². The predicted molar refractivity (Wildman–Crippen MR) is 184 cm³/mol. The summed E-state index contributed by atoms with van der Waals surface area (Å²) in [5.41, 5.74) is 2.40. The van der Waals surface area contributed by atoms with Crippen molar-refractivity contribution in [3.8, 4) is 34.5 Å². The van der Waals surface area contributed by atoms with Gasteiger partial charge in [-0.25, -0.2) is 14.6 Å². The van der Waals surface area contributed by atoms with Crippen LogP contribution in [0.3, 0.4) is 0 Å². The second-order valence-corrected chi connectivity index (χ2v) is 12.6. The standard InChI is InChI=1S/C20H12O5.C17H20N4O6/c21-11-5-7-15-17(9-11)24-18-10-12(22)6-8-16(18)20(15)14-4-2-1-3-13(14)19(23)25-20;1-7-3-9-10(4-8(7)2)21(5-11(23)14(25)12(24)6-22)15-13(18-9)16(26)20-17(27)19-15/h1-10,21-22H;3-4,11-12,14,22-25H,5-6H2,1-2H3,(H,20,26,27)/t;11-,12+,14-/m.0/s1. The van der Waals surface area contributed by atoms with Crippen LogP contribution in [0, 0.1) is 13.8 Å². The van der Waals surface area contributed by atoms with Crippen LogP contribution in [0.5, 0.6) is 23.0 Å². The lowest BCUT2D eigenvalue weighted by atomic mass is 9.77. The molecule has 3 atom stereocenters. The highest BCUT2D eigenvalue weighted by Gasteiger charge is 2.53. The number of aliphatic hydroxyl groups is 4. The number of fused-ring (bicyclic) bond motifs is 8. The Labute approximate surface area is 293 Å². The number of carbonyl (C=O) groups is 1. The average Bonchev–Trinajstić information content (AvgIpc) is 3.40. The van der Waals surface area contributed by atoms with E-state index >= 15 is 0 Å². The number of aromatic amines is 1. The van der Waals surface area contributed by atoms with Gasteiger partial charge in [-0.3, -0.25) is 9.78 Å². The highest BCUT2D eigenvalue weighted by Crippen LogP contribution is 2.56. The first-order valence-corrected chi connectivity index (χ1v) is 16.1. The molecule has 0 aliphatic carbocycles. The van der Waals surface area contributed by atoms with Crippen molar-refractivity contribution in [3.05, 3.63) is 127 Å². The molecule has 7 N–H and O–H groups in total. The van der Waals surface area contributed by atoms with E-state index in [1.807, 2.05) is 26.0 Å². The van der Waals surface area contributed by atoms with Crippen molar-refractivity contribution in [1.82, 2.24) is 19.5 Å². The summed E-state index contributed by atoms with van der Waals surface area (Å²) in [4.78, 5) is 46.5. The zero-order valence-electron chi connectivity index (χ0n) is 27.6. The topological polar surface area (TPSA) is 238 Å². The molecule has 0 radical (unpaired) electrons. The van der Waals surface area contributed by atoms with Gasteiger partial charge in [0.05, 0.1) is 29.7 Å². The number of aryl methyl sites for hydroxylation is 2. The summed E-state index contributed by atoms with van der Waals surface area (Å²) >= 11 is 0. The summed E-state index contributed by atoms with van der Waals surface area (Å²) in [6, 6.07) is 20.1. The molecule has 4 aliphatic rings. The Balaban J connectivity index is 0.000000162. The summed E-state index contributed by atoms with van der Waals surface area (Å²) in [7, 11) is 0. The molecule has 15 heteroatoms. The molecule has 0 fully saturated rings. The van der Waals surface area contributed by atoms with E-state index in [0.717, 1.165) is 11.1 Å². The summed E-state index contributed by atoms with van der Waals surface area (Å²) in [5, 5.41) is 58.5. The van der Waals surface area contributed by atoms with Crippen molar-refractivity contribution in [2.45, 2.75) is 44.3 Å². The number of rotatable bonds is 5. The van der Waals surface area contributed by atoms with Gasteiger partial charge in [-0.2, -0.15) is 4.98 Å². The number of hydrogen-bond acceptors (Lipinski definition) is 13. The van der Waals surface area contributed by atoms with Gasteiger partial charge in [0.2, 0.25) is 0 Å². The quantitative estimate of drug-likeness (QED) is 0.100. The summed E-state index contributed by atoms with van der Waals surface area (Å²) < 4.78 is 13.2. The van der Waals surface area contributed by atoms with Crippen LogP contribution in [0.4, 0.5) is 0 Å². The molecule has 8 rings (SSSR count). The maximum absolute atomic E-state index is 12.5. The van der Waals surface area contributed by atoms with Crippen LogP contribution in [-0.4, -0.2) is 81.0 Å². The predicted octanol–water partition coefficient (Wildman–Crippen LogP) is 1.94. The Bertz CT molecular complexity index is 2420. The van der Waals surface area contributed by atoms with E-state index in [0.29, 0.717) is 44.8 Å². The van der Waals surface area contributed by atoms with Gasteiger partial charge in [0.1, 0.15) is 41.3 Å². The van der Waals surface area contributed by atoms with E-state index in [1.54, 1.807) is 36.4 Å². The van der Waals surface area contributed by atoms with Crippen molar-refractivity contribution in [1.29, 1.82) is 0 Å². The molecule has 0 saturated heterocycles. The number of esters is 1. The first-order valence-electron chi connectivity index (χ1n) is 16.1. The van der Waals surface area contributed by atoms with Gasteiger partial charge in [-0.15, -0.1) is 0 Å². The van der Waals surface area contributed by atoms with Crippen molar-refractivity contribution in [2.75, 3.05) is 6.61 Å². The summed E-state index contributed by atoms with van der Waals surface area (Å²) in [5.74, 6) is 0.357. The maximum Gasteiger partial charge on any atom is 0.349 e. The van der Waals surface area contributed by atoms with E-state index in [1.165, 1.54) is 28.8 Å². The second-order valence-electron chi connectivity index (χ2n) is 12.6. The first kappa shape index (κ1) is 34.3. The van der Waals surface area contributed by atoms with Gasteiger partial charge >= 0.3 is 11.7 Å². The van der Waals surface area contributed by atoms with Gasteiger partial charge in [-0.05, 0) is 67.4 Å². The van der Waals surface area contributed by atoms with Crippen LogP contribution in [-0.2, 0) is 16.9 Å². The minimum atomic E-state index is -1.64. The fourth-order valence-electron chi connectivity index (χ4n) is 6.55. The fourth-order valence-corrected chi connectivity index (χ4v) is 6.55. The van der Waals surface area contributed by atoms with Gasteiger partial charge in [0.15, 0.2) is 17.1 Å². The van der Waals surface area contributed by atoms with E-state index in [4.69, 9.17) is 14.6 Å². The van der Waals surface area contributed by atoms with Gasteiger partial charge < -0.3 is 44.7 Å². The molecule has 0 saturated carbocycles. The molecule has 4 aromatic rings. The van der Waals surface area contributed by atoms with Crippen LogP contribution in [0.1, 0.15) is 38.2 Å². The number of phenols is 2. The SMILES string of the molecule is Cc1cc2nc3c(=O)[nH]c(=O)nc-3n(C[C@H](O)[C@H](O)[C@H](O)CO)c2cc1C.O=C1OC2(c3ccc(O)cc3Oc3cc(O)ccc32)c2ccccc21. The van der Waals surface area contributed by atoms with Crippen molar-refractivity contribution in [2.24, 2.45) is 0 Å². The normalized spacial score (nSPS) is 15.5. The number of benzene rings is 4. The van der Waals surface area contributed by atoms with E-state index in [2.05, 4.69) is 15.0 Å². The highest BCUT2D eigenvalue weighted by atomic mass is 16.6. The third-order valence-corrected chi connectivity index (χ3v) is 9.25. The molecule has 4 aliphatic heterocycles. The third-order valence-electron chi connectivity index (χ3n) is 9.25. The van der Waals surface area contributed by atoms with Crippen molar-refractivity contribution in [3.63, 3.8) is 0 Å². The largest absolute Gasteiger partial charge is 0.508 e. The number of hydrogen-bond donors (Lipinski definition) is 7. The molecule has 0 unspecified atom stereocenters. The lowest BCUT2D eigenvalue weighted by Crippen LogP contribution is -2.42. The molecular formula is C37H32N4O11. The monoisotopic (exact) mass is 708 g/mol. The third kappa shape index (κ3) is 5.61. The lowest BCUT2D eigenvalue weighted by Gasteiger charge is -2.36. The van der Waals surface area contributed by atoms with Crippen molar-refractivity contribution < 1.29 is 44.9 Å². The first-order chi connectivity index (χ1) is 24.8. The zero-order valence-corrected chi connectivity index (χ0v) is 27.6. The minimum absolute atomic E-state index is 0.0371. The smallest absolute Gasteiger partial charge is 0.349 e.